The van der Waals surface area contributed by atoms with E-state index in [4.69, 9.17) is 16.7 Å². The molecule has 116 valence electrons. The largest absolute Gasteiger partial charge is 0.465 e. The van der Waals surface area contributed by atoms with E-state index in [9.17, 15) is 14.3 Å². The maximum Gasteiger partial charge on any atom is 0.404 e. The number of hydrogen-bond donors (Lipinski definition) is 3. The zero-order valence-electron chi connectivity index (χ0n) is 11.3. The molecule has 0 unspecified atom stereocenters. The minimum absolute atomic E-state index is 0.154. The number of rotatable bonds is 5. The molecule has 22 heavy (non-hydrogen) atoms. The van der Waals surface area contributed by atoms with Gasteiger partial charge in [0.25, 0.3) is 0 Å². The third kappa shape index (κ3) is 3.91. The highest BCUT2D eigenvalue weighted by Crippen LogP contribution is 2.38. The van der Waals surface area contributed by atoms with Gasteiger partial charge in [-0.3, -0.25) is 0 Å². The number of aliphatic hydroxyl groups is 1. The van der Waals surface area contributed by atoms with Crippen LogP contribution in [-0.4, -0.2) is 16.3 Å². The van der Waals surface area contributed by atoms with Crippen molar-refractivity contribution >= 4 is 29.5 Å². The van der Waals surface area contributed by atoms with Crippen molar-refractivity contribution in [1.29, 1.82) is 0 Å². The highest BCUT2D eigenvalue weighted by Gasteiger charge is 2.16. The lowest BCUT2D eigenvalue weighted by molar-refractivity contribution is 0.193. The third-order valence-electron chi connectivity index (χ3n) is 2.93. The molecule has 0 fully saturated rings. The minimum atomic E-state index is -1.24. The second kappa shape index (κ2) is 7.49. The van der Waals surface area contributed by atoms with Crippen molar-refractivity contribution in [3.05, 3.63) is 58.4 Å². The zero-order valence-corrected chi connectivity index (χ0v) is 12.9. The molecule has 0 heterocycles. The number of aliphatic hydroxyl groups excluding tert-OH is 1. The molecule has 2 aromatic carbocycles. The van der Waals surface area contributed by atoms with Gasteiger partial charge in [-0.2, -0.15) is 0 Å². The monoisotopic (exact) mass is 341 g/mol. The van der Waals surface area contributed by atoms with Gasteiger partial charge in [-0.05, 0) is 23.8 Å². The number of hydrogen-bond acceptors (Lipinski definition) is 3. The first-order chi connectivity index (χ1) is 10.5. The summed E-state index contributed by atoms with van der Waals surface area (Å²) in [5.74, 6) is -0.540. The summed E-state index contributed by atoms with van der Waals surface area (Å²) in [4.78, 5) is 11.8. The molecule has 2 aromatic rings. The Morgan fingerprint density at radius 3 is 2.68 bits per heavy atom. The first kappa shape index (κ1) is 16.6. The van der Waals surface area contributed by atoms with Gasteiger partial charge in [0.15, 0.2) is 0 Å². The molecule has 0 aliphatic heterocycles. The van der Waals surface area contributed by atoms with Gasteiger partial charge in [-0.15, -0.1) is 0 Å². The van der Waals surface area contributed by atoms with Gasteiger partial charge in [0.2, 0.25) is 0 Å². The van der Waals surface area contributed by atoms with Crippen LogP contribution in [0.1, 0.15) is 11.1 Å². The van der Waals surface area contributed by atoms with E-state index in [2.05, 4.69) is 5.32 Å². The molecule has 0 saturated heterocycles. The van der Waals surface area contributed by atoms with Crippen LogP contribution < -0.4 is 5.32 Å². The first-order valence-electron chi connectivity index (χ1n) is 6.33. The number of carboxylic acid groups (broad SMARTS) is 1. The van der Waals surface area contributed by atoms with Crippen molar-refractivity contribution in [2.75, 3.05) is 0 Å². The Hall–Kier alpha value is -1.76. The van der Waals surface area contributed by atoms with Crippen LogP contribution in [0.5, 0.6) is 0 Å². The maximum absolute atomic E-state index is 14.0. The summed E-state index contributed by atoms with van der Waals surface area (Å²) in [5.41, 5.74) is 0.859. The quantitative estimate of drug-likeness (QED) is 0.771. The summed E-state index contributed by atoms with van der Waals surface area (Å²) < 4.78 is 14.0. The van der Waals surface area contributed by atoms with Crippen molar-refractivity contribution in [1.82, 2.24) is 5.32 Å². The summed E-state index contributed by atoms with van der Waals surface area (Å²) >= 11 is 7.33. The maximum atomic E-state index is 14.0. The fourth-order valence-corrected chi connectivity index (χ4v) is 3.24. The average Bonchev–Trinajstić information content (AvgIpc) is 2.50. The third-order valence-corrected chi connectivity index (χ3v) is 4.64. The van der Waals surface area contributed by atoms with Crippen molar-refractivity contribution in [2.45, 2.75) is 22.9 Å². The minimum Gasteiger partial charge on any atom is -0.465 e. The van der Waals surface area contributed by atoms with Gasteiger partial charge in [0.1, 0.15) is 5.82 Å². The van der Waals surface area contributed by atoms with Gasteiger partial charge in [0, 0.05) is 15.4 Å². The van der Waals surface area contributed by atoms with E-state index >= 15 is 0 Å². The van der Waals surface area contributed by atoms with Gasteiger partial charge < -0.3 is 15.5 Å². The highest BCUT2D eigenvalue weighted by atomic mass is 35.5. The van der Waals surface area contributed by atoms with Crippen LogP contribution >= 0.6 is 23.4 Å². The lowest BCUT2D eigenvalue weighted by Gasteiger charge is -2.14. The Morgan fingerprint density at radius 1 is 1.27 bits per heavy atom. The number of amides is 1. The van der Waals surface area contributed by atoms with E-state index in [1.807, 2.05) is 0 Å². The lowest BCUT2D eigenvalue weighted by atomic mass is 10.2. The molecule has 1 amide bonds. The highest BCUT2D eigenvalue weighted by molar-refractivity contribution is 7.99. The van der Waals surface area contributed by atoms with Crippen LogP contribution in [0.15, 0.2) is 46.2 Å². The second-order valence-corrected chi connectivity index (χ2v) is 5.82. The molecule has 0 atom stereocenters. The molecular weight excluding hydrogens is 329 g/mol. The SMILES string of the molecule is O=C(O)NCc1c(F)ccc(Cl)c1Sc1ccccc1CO. The molecule has 0 aliphatic carbocycles. The van der Waals surface area contributed by atoms with E-state index in [1.54, 1.807) is 24.3 Å². The van der Waals surface area contributed by atoms with Crippen LogP contribution in [-0.2, 0) is 13.2 Å². The van der Waals surface area contributed by atoms with Crippen molar-refractivity contribution in [2.24, 2.45) is 0 Å². The van der Waals surface area contributed by atoms with E-state index in [0.29, 0.717) is 15.5 Å². The van der Waals surface area contributed by atoms with E-state index in [-0.39, 0.29) is 18.7 Å². The topological polar surface area (TPSA) is 69.6 Å². The predicted octanol–water partition coefficient (Wildman–Crippen LogP) is 3.89. The summed E-state index contributed by atoms with van der Waals surface area (Å²) in [6.07, 6.45) is -1.24. The van der Waals surface area contributed by atoms with E-state index in [1.165, 1.54) is 23.9 Å². The Bertz CT molecular complexity index is 696. The van der Waals surface area contributed by atoms with Gasteiger partial charge in [0.05, 0.1) is 18.2 Å². The van der Waals surface area contributed by atoms with Crippen LogP contribution in [0.4, 0.5) is 9.18 Å². The molecule has 0 aromatic heterocycles. The molecule has 0 aliphatic rings. The Kier molecular flexibility index (Phi) is 5.65. The van der Waals surface area contributed by atoms with Crippen molar-refractivity contribution < 1.29 is 19.4 Å². The summed E-state index contributed by atoms with van der Waals surface area (Å²) in [6.45, 7) is -0.343. The molecule has 0 radical (unpaired) electrons. The fourth-order valence-electron chi connectivity index (χ4n) is 1.86. The Labute approximate surface area is 135 Å². The second-order valence-electron chi connectivity index (χ2n) is 4.36. The van der Waals surface area contributed by atoms with Gasteiger partial charge in [-0.25, -0.2) is 9.18 Å². The number of carbonyl (C=O) groups is 1. The summed E-state index contributed by atoms with van der Waals surface area (Å²) in [6, 6.07) is 9.74. The van der Waals surface area contributed by atoms with Crippen LogP contribution in [0.25, 0.3) is 0 Å². The predicted molar refractivity (Wildman–Crippen MR) is 82.8 cm³/mol. The van der Waals surface area contributed by atoms with Gasteiger partial charge >= 0.3 is 6.09 Å². The van der Waals surface area contributed by atoms with E-state index in [0.717, 1.165) is 4.90 Å². The van der Waals surface area contributed by atoms with Crippen LogP contribution in [0.2, 0.25) is 5.02 Å². The normalized spacial score (nSPS) is 10.5. The number of halogens is 2. The number of nitrogens with one attached hydrogen (secondary N) is 1. The molecule has 3 N–H and O–H groups in total. The molecule has 0 spiro atoms. The van der Waals surface area contributed by atoms with Crippen molar-refractivity contribution in [3.63, 3.8) is 0 Å². The zero-order chi connectivity index (χ0) is 16.1. The van der Waals surface area contributed by atoms with Crippen LogP contribution in [0, 0.1) is 5.82 Å². The molecule has 0 bridgehead atoms. The fraction of sp³-hybridized carbons (Fsp3) is 0.133. The lowest BCUT2D eigenvalue weighted by Crippen LogP contribution is -2.21. The first-order valence-corrected chi connectivity index (χ1v) is 7.52. The number of benzene rings is 2. The van der Waals surface area contributed by atoms with E-state index < -0.39 is 11.9 Å². The molecule has 2 rings (SSSR count). The molecule has 4 nitrogen and oxygen atoms in total. The summed E-state index contributed by atoms with van der Waals surface area (Å²) in [7, 11) is 0. The molecular formula is C15H13ClFNO3S. The Balaban J connectivity index is 2.40. The van der Waals surface area contributed by atoms with Gasteiger partial charge in [-0.1, -0.05) is 41.6 Å². The molecule has 7 heteroatoms. The van der Waals surface area contributed by atoms with Crippen molar-refractivity contribution in [3.8, 4) is 0 Å². The average molecular weight is 342 g/mol. The standard InChI is InChI=1S/C15H13ClFNO3S/c16-11-5-6-12(17)10(7-18-15(20)21)14(11)22-13-4-2-1-3-9(13)8-19/h1-6,18-19H,7-8H2,(H,20,21). The summed E-state index contributed by atoms with van der Waals surface area (Å²) in [5, 5.41) is 20.5. The smallest absolute Gasteiger partial charge is 0.404 e. The van der Waals surface area contributed by atoms with Crippen LogP contribution in [0.3, 0.4) is 0 Å². The Morgan fingerprint density at radius 2 is 2.00 bits per heavy atom. The molecule has 0 saturated carbocycles.